The zero-order chi connectivity index (χ0) is 54.4. The maximum atomic E-state index is 6.11. The van der Waals surface area contributed by atoms with Gasteiger partial charge in [-0.15, -0.1) is 0 Å². The smallest absolute Gasteiger partial charge is 0.399 e. The molecule has 0 N–H and O–H groups in total. The number of halogens is 1. The molecule has 0 atom stereocenters. The summed E-state index contributed by atoms with van der Waals surface area (Å²) in [5.41, 5.74) is 12.3. The summed E-state index contributed by atoms with van der Waals surface area (Å²) >= 11 is 3.79. The number of aromatic nitrogens is 4. The molecule has 8 heteroatoms. The van der Waals surface area contributed by atoms with E-state index in [1.807, 2.05) is 52.1 Å². The molecule has 0 unspecified atom stereocenters. The highest BCUT2D eigenvalue weighted by Gasteiger charge is 2.51. The monoisotopic (exact) mass is 1100 g/mol. The fourth-order valence-corrected chi connectivity index (χ4v) is 11.9. The lowest BCUT2D eigenvalue weighted by atomic mass is 9.79. The predicted molar refractivity (Wildman–Crippen MR) is 338 cm³/mol. The zero-order valence-corrected chi connectivity index (χ0v) is 46.6. The van der Waals surface area contributed by atoms with E-state index in [2.05, 4.69) is 278 Å². The number of para-hydroxylation sites is 2. The minimum Gasteiger partial charge on any atom is -0.399 e. The molecule has 1 aliphatic heterocycles. The molecule has 1 saturated heterocycles. The van der Waals surface area contributed by atoms with Gasteiger partial charge in [-0.1, -0.05) is 218 Å². The zero-order valence-electron chi connectivity index (χ0n) is 45.0. The van der Waals surface area contributed by atoms with Crippen molar-refractivity contribution in [1.82, 2.24) is 19.6 Å². The highest BCUT2D eigenvalue weighted by atomic mass is 79.9. The van der Waals surface area contributed by atoms with E-state index in [1.165, 1.54) is 80.9 Å². The van der Waals surface area contributed by atoms with Gasteiger partial charge in [0.2, 0.25) is 0 Å². The van der Waals surface area contributed by atoms with Gasteiger partial charge in [0, 0.05) is 15.2 Å². The molecule has 80 heavy (non-hydrogen) atoms. The van der Waals surface area contributed by atoms with Gasteiger partial charge < -0.3 is 9.31 Å². The van der Waals surface area contributed by atoms with Gasteiger partial charge in [-0.05, 0) is 162 Å². The minimum atomic E-state index is -0.335. The van der Waals surface area contributed by atoms with Crippen LogP contribution in [0, 0.1) is 0 Å². The van der Waals surface area contributed by atoms with E-state index < -0.39 is 0 Å². The standard InChI is InChI=1S/C33H22N2.C20H13Br.C19H21BN2O2/c1-2-10-23(11-3-1)32-27-13-5-7-15-29(27)33(30-16-8-6-14-28(30)32)24-18-20-26(21-19-24)35-31-17-9-4-12-25(31)22-34-35;21-20-17-12-6-4-10-15(17)19(14-8-2-1-3-9-14)16-11-5-7-13-18(16)20;1-18(2)19(3,4)24-20(23-18)15-9-11-16(12-10-15)22-17-8-6-5-7-14(17)13-21-22/h1-22H;1-13H;5-13H,1-4H3. The second kappa shape index (κ2) is 21.0. The lowest BCUT2D eigenvalue weighted by molar-refractivity contribution is 0.00578. The van der Waals surface area contributed by atoms with Crippen molar-refractivity contribution in [3.8, 4) is 44.8 Å². The molecule has 0 saturated carbocycles. The fourth-order valence-electron chi connectivity index (χ4n) is 11.2. The van der Waals surface area contributed by atoms with Crippen LogP contribution in [0.25, 0.3) is 110 Å². The van der Waals surface area contributed by atoms with Crippen molar-refractivity contribution in [2.45, 2.75) is 38.9 Å². The Labute approximate surface area is 474 Å². The number of fused-ring (bicyclic) bond motifs is 6. The molecule has 1 fully saturated rings. The number of nitrogens with zero attached hydrogens (tertiary/aromatic N) is 4. The van der Waals surface area contributed by atoms with Crippen LogP contribution in [0.2, 0.25) is 0 Å². The normalized spacial score (nSPS) is 13.6. The van der Waals surface area contributed by atoms with Gasteiger partial charge in [0.15, 0.2) is 0 Å². The van der Waals surface area contributed by atoms with E-state index in [4.69, 9.17) is 9.31 Å². The Balaban J connectivity index is 0.000000118. The second-order valence-electron chi connectivity index (χ2n) is 21.3. The van der Waals surface area contributed by atoms with Gasteiger partial charge >= 0.3 is 7.12 Å². The average Bonchev–Trinajstić information content (AvgIpc) is 4.23. The lowest BCUT2D eigenvalue weighted by Crippen LogP contribution is -2.41. The first-order chi connectivity index (χ1) is 39.1. The molecule has 3 heterocycles. The van der Waals surface area contributed by atoms with Crippen LogP contribution in [0.1, 0.15) is 27.7 Å². The highest BCUT2D eigenvalue weighted by molar-refractivity contribution is 9.10. The first kappa shape index (κ1) is 50.6. The molecule has 14 aromatic rings. The van der Waals surface area contributed by atoms with Crippen molar-refractivity contribution in [2.75, 3.05) is 0 Å². The summed E-state index contributed by atoms with van der Waals surface area (Å²) < 4.78 is 17.3. The van der Waals surface area contributed by atoms with Crippen molar-refractivity contribution in [1.29, 1.82) is 0 Å². The maximum Gasteiger partial charge on any atom is 0.494 e. The van der Waals surface area contributed by atoms with E-state index in [-0.39, 0.29) is 18.3 Å². The second-order valence-corrected chi connectivity index (χ2v) is 22.1. The molecule has 0 spiro atoms. The fraction of sp³-hybridized carbons (Fsp3) is 0.0833. The van der Waals surface area contributed by atoms with Gasteiger partial charge in [-0.25, -0.2) is 9.36 Å². The van der Waals surface area contributed by atoms with Gasteiger partial charge in [-0.3, -0.25) is 0 Å². The molecule has 15 rings (SSSR count). The minimum absolute atomic E-state index is 0.325. The third-order valence-electron chi connectivity index (χ3n) is 15.9. The molecule has 1 aliphatic rings. The van der Waals surface area contributed by atoms with Crippen LogP contribution in [0.4, 0.5) is 0 Å². The van der Waals surface area contributed by atoms with Crippen molar-refractivity contribution in [3.05, 3.63) is 272 Å². The van der Waals surface area contributed by atoms with Crippen LogP contribution >= 0.6 is 15.9 Å². The third kappa shape index (κ3) is 9.25. The summed E-state index contributed by atoms with van der Waals surface area (Å²) in [7, 11) is -0.335. The summed E-state index contributed by atoms with van der Waals surface area (Å²) in [6.07, 6.45) is 3.81. The van der Waals surface area contributed by atoms with Crippen molar-refractivity contribution in [3.63, 3.8) is 0 Å². The Morgan fingerprint density at radius 1 is 0.338 bits per heavy atom. The Hall–Kier alpha value is -8.92. The van der Waals surface area contributed by atoms with E-state index in [1.54, 1.807) is 0 Å². The quantitative estimate of drug-likeness (QED) is 0.123. The largest absolute Gasteiger partial charge is 0.494 e. The molecule has 0 amide bonds. The molecule has 0 aliphatic carbocycles. The van der Waals surface area contributed by atoms with Crippen LogP contribution in [-0.4, -0.2) is 37.9 Å². The summed E-state index contributed by atoms with van der Waals surface area (Å²) in [5.74, 6) is 0. The van der Waals surface area contributed by atoms with E-state index >= 15 is 0 Å². The van der Waals surface area contributed by atoms with Crippen LogP contribution in [-0.2, 0) is 9.31 Å². The molecule has 12 aromatic carbocycles. The highest BCUT2D eigenvalue weighted by Crippen LogP contribution is 2.45. The maximum absolute atomic E-state index is 6.11. The van der Waals surface area contributed by atoms with Crippen LogP contribution in [0.3, 0.4) is 0 Å². The molecule has 6 nitrogen and oxygen atoms in total. The van der Waals surface area contributed by atoms with Gasteiger partial charge in [0.25, 0.3) is 0 Å². The predicted octanol–water partition coefficient (Wildman–Crippen LogP) is 18.4. The number of hydrogen-bond acceptors (Lipinski definition) is 4. The molecule has 0 bridgehead atoms. The summed E-state index contributed by atoms with van der Waals surface area (Å²) in [4.78, 5) is 0. The number of benzene rings is 12. The summed E-state index contributed by atoms with van der Waals surface area (Å²) in [6.45, 7) is 8.27. The first-order valence-electron chi connectivity index (χ1n) is 27.2. The van der Waals surface area contributed by atoms with Crippen molar-refractivity contribution >= 4 is 93.4 Å². The van der Waals surface area contributed by atoms with Crippen molar-refractivity contribution < 1.29 is 9.31 Å². The number of rotatable bonds is 6. The molecule has 2 aromatic heterocycles. The molecular formula is C72H56BBrN4O2. The van der Waals surface area contributed by atoms with Gasteiger partial charge in [0.1, 0.15) is 0 Å². The molecular weight excluding hydrogens is 1040 g/mol. The number of hydrogen-bond donors (Lipinski definition) is 0. The van der Waals surface area contributed by atoms with Gasteiger partial charge in [-0.2, -0.15) is 10.2 Å². The third-order valence-corrected chi connectivity index (χ3v) is 16.8. The Kier molecular flexibility index (Phi) is 13.3. The SMILES string of the molecule is Brc1c2ccccc2c(-c2ccccc2)c2ccccc12.CC1(C)OB(c2ccc(-n3ncc4ccccc43)cc2)OC1(C)C.c1ccc(-c2c3ccccc3c(-c3ccc(-n4ncc5ccccc54)cc3)c3ccccc23)cc1. The molecule has 386 valence electrons. The Morgan fingerprint density at radius 2 is 0.637 bits per heavy atom. The van der Waals surface area contributed by atoms with Crippen LogP contribution in [0.15, 0.2) is 272 Å². The van der Waals surface area contributed by atoms with Crippen LogP contribution in [0.5, 0.6) is 0 Å². The summed E-state index contributed by atoms with van der Waals surface area (Å²) in [6, 6.07) is 89.6. The van der Waals surface area contributed by atoms with Crippen LogP contribution < -0.4 is 5.46 Å². The molecule has 0 radical (unpaired) electrons. The van der Waals surface area contributed by atoms with E-state index in [0.717, 1.165) is 38.6 Å². The average molecular weight is 1100 g/mol. The summed E-state index contributed by atoms with van der Waals surface area (Å²) in [5, 5.41) is 21.6. The van der Waals surface area contributed by atoms with Gasteiger partial charge in [0.05, 0.1) is 46.0 Å². The first-order valence-corrected chi connectivity index (χ1v) is 28.0. The van der Waals surface area contributed by atoms with E-state index in [9.17, 15) is 0 Å². The van der Waals surface area contributed by atoms with E-state index in [0.29, 0.717) is 0 Å². The Morgan fingerprint density at radius 3 is 1.02 bits per heavy atom. The Bertz CT molecular complexity index is 4420. The van der Waals surface area contributed by atoms with Crippen molar-refractivity contribution in [2.24, 2.45) is 0 Å². The topological polar surface area (TPSA) is 54.1 Å². The lowest BCUT2D eigenvalue weighted by Gasteiger charge is -2.32.